The Labute approximate surface area is 69.7 Å². The van der Waals surface area contributed by atoms with Crippen molar-refractivity contribution in [3.05, 3.63) is 0 Å². The van der Waals surface area contributed by atoms with Crippen LogP contribution < -0.4 is 5.32 Å². The molecule has 0 aromatic rings. The number of alkyl halides is 3. The molecule has 0 aromatic heterocycles. The number of likely N-dealkylation sites (tertiary alicyclic amines) is 1. The van der Waals surface area contributed by atoms with Gasteiger partial charge in [0.05, 0.1) is 0 Å². The first-order valence-corrected chi connectivity index (χ1v) is 4.01. The summed E-state index contributed by atoms with van der Waals surface area (Å²) in [5.41, 5.74) is 0. The Hall–Kier alpha value is -0.290. The molecule has 0 amide bonds. The summed E-state index contributed by atoms with van der Waals surface area (Å²) in [7, 11) is 1.86. The van der Waals surface area contributed by atoms with Crippen LogP contribution in [0.3, 0.4) is 0 Å². The van der Waals surface area contributed by atoms with Crippen molar-refractivity contribution in [3.8, 4) is 0 Å². The molecule has 1 rings (SSSR count). The summed E-state index contributed by atoms with van der Waals surface area (Å²) in [6, 6.07) is 0.0478. The Morgan fingerprint density at radius 1 is 1.50 bits per heavy atom. The van der Waals surface area contributed by atoms with Crippen molar-refractivity contribution in [2.24, 2.45) is 0 Å². The zero-order valence-corrected chi connectivity index (χ0v) is 6.99. The second-order valence-electron chi connectivity index (χ2n) is 3.16. The summed E-state index contributed by atoms with van der Waals surface area (Å²) in [5, 5.41) is 1.55. The van der Waals surface area contributed by atoms with Crippen LogP contribution in [0.25, 0.3) is 0 Å². The van der Waals surface area contributed by atoms with Gasteiger partial charge in [-0.2, -0.15) is 13.2 Å². The maximum Gasteiger partial charge on any atom is 0.457 e. The van der Waals surface area contributed by atoms with Gasteiger partial charge in [-0.05, 0) is 26.4 Å². The highest BCUT2D eigenvalue weighted by Crippen LogP contribution is 2.16. The fraction of sp³-hybridized carbons (Fsp3) is 1.00. The van der Waals surface area contributed by atoms with E-state index >= 15 is 0 Å². The van der Waals surface area contributed by atoms with Crippen molar-refractivity contribution >= 4 is 0 Å². The zero-order valence-electron chi connectivity index (χ0n) is 6.99. The molecule has 0 aromatic carbocycles. The molecule has 5 heteroatoms. The predicted octanol–water partition coefficient (Wildman–Crippen LogP) is 1.19. The van der Waals surface area contributed by atoms with Gasteiger partial charge < -0.3 is 4.90 Å². The van der Waals surface area contributed by atoms with E-state index < -0.39 is 6.30 Å². The lowest BCUT2D eigenvalue weighted by Gasteiger charge is -2.20. The molecular weight excluding hydrogens is 169 g/mol. The van der Waals surface area contributed by atoms with Gasteiger partial charge >= 0.3 is 6.30 Å². The number of hydrogen-bond acceptors (Lipinski definition) is 2. The van der Waals surface area contributed by atoms with Gasteiger partial charge in [0.1, 0.15) is 0 Å². The van der Waals surface area contributed by atoms with E-state index in [1.807, 2.05) is 11.9 Å². The van der Waals surface area contributed by atoms with E-state index in [0.717, 1.165) is 19.4 Å². The first kappa shape index (κ1) is 9.80. The average molecular weight is 182 g/mol. The lowest BCUT2D eigenvalue weighted by molar-refractivity contribution is -0.158. The summed E-state index contributed by atoms with van der Waals surface area (Å²) in [4.78, 5) is 1.96. The molecule has 0 unspecified atom stereocenters. The minimum Gasteiger partial charge on any atom is -0.302 e. The summed E-state index contributed by atoms with van der Waals surface area (Å²) in [5.74, 6) is 0. The molecule has 0 radical (unpaired) electrons. The van der Waals surface area contributed by atoms with Gasteiger partial charge in [-0.25, -0.2) is 5.32 Å². The Morgan fingerprint density at radius 2 is 2.17 bits per heavy atom. The molecule has 1 heterocycles. The topological polar surface area (TPSA) is 15.3 Å². The predicted molar refractivity (Wildman–Crippen MR) is 39.7 cm³/mol. The number of likely N-dealkylation sites (N-methyl/N-ethyl adjacent to an activating group) is 1. The van der Waals surface area contributed by atoms with Gasteiger partial charge in [-0.15, -0.1) is 0 Å². The van der Waals surface area contributed by atoms with Crippen LogP contribution in [-0.2, 0) is 0 Å². The average Bonchev–Trinajstić information content (AvgIpc) is 2.29. The first-order chi connectivity index (χ1) is 5.49. The molecule has 0 bridgehead atoms. The smallest absolute Gasteiger partial charge is 0.302 e. The molecule has 0 aliphatic carbocycles. The molecule has 0 spiro atoms. The minimum atomic E-state index is -4.23. The Morgan fingerprint density at radius 3 is 2.58 bits per heavy atom. The van der Waals surface area contributed by atoms with Gasteiger partial charge in [-0.3, -0.25) is 0 Å². The van der Waals surface area contributed by atoms with Crippen LogP contribution in [0.1, 0.15) is 12.8 Å². The SMILES string of the molecule is CN1CCC[C@@H]1CNC(F)(F)F. The lowest BCUT2D eigenvalue weighted by atomic mass is 10.2. The number of nitrogens with zero attached hydrogens (tertiary/aromatic N) is 1. The second kappa shape index (κ2) is 3.62. The monoisotopic (exact) mass is 182 g/mol. The molecule has 1 N–H and O–H groups in total. The molecule has 0 saturated carbocycles. The van der Waals surface area contributed by atoms with Crippen molar-refractivity contribution in [1.29, 1.82) is 0 Å². The molecule has 1 saturated heterocycles. The second-order valence-corrected chi connectivity index (χ2v) is 3.16. The van der Waals surface area contributed by atoms with Crippen LogP contribution >= 0.6 is 0 Å². The summed E-state index contributed by atoms with van der Waals surface area (Å²) >= 11 is 0. The molecule has 12 heavy (non-hydrogen) atoms. The maximum absolute atomic E-state index is 11.7. The van der Waals surface area contributed by atoms with Crippen LogP contribution in [0.4, 0.5) is 13.2 Å². The quantitative estimate of drug-likeness (QED) is 0.645. The molecule has 1 aliphatic heterocycles. The number of halogens is 3. The van der Waals surface area contributed by atoms with Gasteiger partial charge in [0, 0.05) is 12.6 Å². The van der Waals surface area contributed by atoms with Gasteiger partial charge in [0.25, 0.3) is 0 Å². The number of nitrogens with one attached hydrogen (secondary N) is 1. The minimum absolute atomic E-state index is 0.0139. The third-order valence-electron chi connectivity index (χ3n) is 2.21. The molecule has 72 valence electrons. The van der Waals surface area contributed by atoms with Crippen molar-refractivity contribution in [2.45, 2.75) is 25.2 Å². The molecule has 1 aliphatic rings. The lowest BCUT2D eigenvalue weighted by Crippen LogP contribution is -2.41. The van der Waals surface area contributed by atoms with Crippen LogP contribution in [-0.4, -0.2) is 37.4 Å². The zero-order chi connectivity index (χ0) is 9.19. The van der Waals surface area contributed by atoms with E-state index in [9.17, 15) is 13.2 Å². The Kier molecular flexibility index (Phi) is 2.95. The first-order valence-electron chi connectivity index (χ1n) is 4.01. The third-order valence-corrected chi connectivity index (χ3v) is 2.21. The summed E-state index contributed by atoms with van der Waals surface area (Å²) in [6.45, 7) is 0.921. The third kappa shape index (κ3) is 2.98. The summed E-state index contributed by atoms with van der Waals surface area (Å²) < 4.78 is 35.1. The Bertz CT molecular complexity index is 146. The molecule has 2 nitrogen and oxygen atoms in total. The van der Waals surface area contributed by atoms with Crippen LogP contribution in [0.2, 0.25) is 0 Å². The van der Waals surface area contributed by atoms with Crippen molar-refractivity contribution in [1.82, 2.24) is 10.2 Å². The van der Waals surface area contributed by atoms with E-state index in [2.05, 4.69) is 0 Å². The summed E-state index contributed by atoms with van der Waals surface area (Å²) in [6.07, 6.45) is -2.37. The van der Waals surface area contributed by atoms with E-state index in [-0.39, 0.29) is 12.6 Å². The van der Waals surface area contributed by atoms with E-state index in [1.165, 1.54) is 0 Å². The largest absolute Gasteiger partial charge is 0.457 e. The van der Waals surface area contributed by atoms with Gasteiger partial charge in [-0.1, -0.05) is 0 Å². The normalized spacial score (nSPS) is 26.5. The van der Waals surface area contributed by atoms with Crippen molar-refractivity contribution in [2.75, 3.05) is 20.1 Å². The van der Waals surface area contributed by atoms with Crippen LogP contribution in [0.5, 0.6) is 0 Å². The maximum atomic E-state index is 11.7. The Balaban J connectivity index is 2.23. The van der Waals surface area contributed by atoms with Crippen molar-refractivity contribution < 1.29 is 13.2 Å². The fourth-order valence-corrected chi connectivity index (χ4v) is 1.47. The fourth-order valence-electron chi connectivity index (χ4n) is 1.47. The van der Waals surface area contributed by atoms with E-state index in [1.54, 1.807) is 5.32 Å². The molecular formula is C7H13F3N2. The van der Waals surface area contributed by atoms with Crippen LogP contribution in [0.15, 0.2) is 0 Å². The molecule has 1 fully saturated rings. The van der Waals surface area contributed by atoms with E-state index in [4.69, 9.17) is 0 Å². The van der Waals surface area contributed by atoms with E-state index in [0.29, 0.717) is 0 Å². The molecule has 1 atom stereocenters. The highest BCUT2D eigenvalue weighted by molar-refractivity contribution is 4.78. The number of hydrogen-bond donors (Lipinski definition) is 1. The highest BCUT2D eigenvalue weighted by Gasteiger charge is 2.30. The van der Waals surface area contributed by atoms with Crippen molar-refractivity contribution in [3.63, 3.8) is 0 Å². The number of rotatable bonds is 2. The van der Waals surface area contributed by atoms with Crippen LogP contribution in [0, 0.1) is 0 Å². The highest BCUT2D eigenvalue weighted by atomic mass is 19.4. The van der Waals surface area contributed by atoms with Gasteiger partial charge in [0.15, 0.2) is 0 Å². The standard InChI is InChI=1S/C7H13F3N2/c1-12-4-2-3-6(12)5-11-7(8,9)10/h6,11H,2-5H2,1H3/t6-/m1/s1. The van der Waals surface area contributed by atoms with Gasteiger partial charge in [0.2, 0.25) is 0 Å².